The van der Waals surface area contributed by atoms with Gasteiger partial charge in [-0.3, -0.25) is 4.90 Å². The van der Waals surface area contributed by atoms with E-state index in [4.69, 9.17) is 9.26 Å². The van der Waals surface area contributed by atoms with Gasteiger partial charge >= 0.3 is 12.1 Å². The average molecular weight is 349 g/mol. The highest BCUT2D eigenvalue weighted by atomic mass is 19.1. The summed E-state index contributed by atoms with van der Waals surface area (Å²) in [6, 6.07) is 3.85. The zero-order chi connectivity index (χ0) is 18.0. The van der Waals surface area contributed by atoms with Crippen molar-refractivity contribution in [1.29, 1.82) is 0 Å². The van der Waals surface area contributed by atoms with Crippen molar-refractivity contribution in [3.63, 3.8) is 0 Å². The molecular weight excluding hydrogens is 333 g/mol. The summed E-state index contributed by atoms with van der Waals surface area (Å²) in [6.07, 6.45) is -1.13. The number of carbonyl (C=O) groups is 2. The van der Waals surface area contributed by atoms with Gasteiger partial charge in [0.05, 0.1) is 24.3 Å². The second kappa shape index (κ2) is 6.75. The monoisotopic (exact) mass is 349 g/mol. The van der Waals surface area contributed by atoms with Crippen molar-refractivity contribution >= 4 is 17.8 Å². The minimum absolute atomic E-state index is 0.0678. The number of ether oxygens (including phenoxy) is 1. The molecule has 3 rings (SSSR count). The van der Waals surface area contributed by atoms with Gasteiger partial charge in [-0.25, -0.2) is 14.0 Å². The van der Waals surface area contributed by atoms with Crippen molar-refractivity contribution in [3.8, 4) is 11.5 Å². The third-order valence-electron chi connectivity index (χ3n) is 3.61. The smallest absolute Gasteiger partial charge is 0.414 e. The maximum absolute atomic E-state index is 14.4. The highest BCUT2D eigenvalue weighted by Gasteiger charge is 2.33. The Balaban J connectivity index is 1.72. The summed E-state index contributed by atoms with van der Waals surface area (Å²) < 4.78 is 24.5. The molecule has 10 heteroatoms. The van der Waals surface area contributed by atoms with E-state index in [1.165, 1.54) is 24.1 Å². The first-order valence-electron chi connectivity index (χ1n) is 7.52. The summed E-state index contributed by atoms with van der Waals surface area (Å²) >= 11 is 0. The van der Waals surface area contributed by atoms with E-state index in [-0.39, 0.29) is 30.6 Å². The van der Waals surface area contributed by atoms with Crippen LogP contribution in [0.25, 0.3) is 11.5 Å². The normalized spacial score (nSPS) is 16.7. The molecule has 1 aromatic heterocycles. The zero-order valence-electron chi connectivity index (χ0n) is 13.6. The molecule has 1 atom stereocenters. The van der Waals surface area contributed by atoms with Gasteiger partial charge in [0.25, 0.3) is 5.89 Å². The Morgan fingerprint density at radius 3 is 2.92 bits per heavy atom. The van der Waals surface area contributed by atoms with Gasteiger partial charge in [0, 0.05) is 7.05 Å². The first-order chi connectivity index (χ1) is 12.0. The van der Waals surface area contributed by atoms with Crippen LogP contribution >= 0.6 is 0 Å². The van der Waals surface area contributed by atoms with E-state index >= 15 is 0 Å². The van der Waals surface area contributed by atoms with Gasteiger partial charge in [-0.15, -0.1) is 0 Å². The van der Waals surface area contributed by atoms with Crippen molar-refractivity contribution in [2.75, 3.05) is 25.0 Å². The molecule has 1 unspecified atom stereocenters. The molecule has 0 saturated carbocycles. The van der Waals surface area contributed by atoms with E-state index in [0.29, 0.717) is 11.5 Å². The summed E-state index contributed by atoms with van der Waals surface area (Å²) in [7, 11) is 1.48. The van der Waals surface area contributed by atoms with Crippen LogP contribution in [0.5, 0.6) is 0 Å². The number of benzene rings is 1. The van der Waals surface area contributed by atoms with E-state index in [0.717, 1.165) is 0 Å². The van der Waals surface area contributed by atoms with Crippen LogP contribution in [0.4, 0.5) is 19.7 Å². The second-order valence-electron chi connectivity index (χ2n) is 5.39. The minimum Gasteiger partial charge on any atom is -0.442 e. The van der Waals surface area contributed by atoms with Crippen LogP contribution in [0.3, 0.4) is 0 Å². The quantitative estimate of drug-likeness (QED) is 0.864. The third-order valence-corrected chi connectivity index (χ3v) is 3.61. The highest BCUT2D eigenvalue weighted by molar-refractivity contribution is 5.90. The molecule has 1 saturated heterocycles. The lowest BCUT2D eigenvalue weighted by molar-refractivity contribution is 0.140. The van der Waals surface area contributed by atoms with Gasteiger partial charge in [0.15, 0.2) is 5.82 Å². The third kappa shape index (κ3) is 3.52. The van der Waals surface area contributed by atoms with Crippen molar-refractivity contribution in [2.24, 2.45) is 0 Å². The second-order valence-corrected chi connectivity index (χ2v) is 5.39. The minimum atomic E-state index is -0.607. The predicted molar refractivity (Wildman–Crippen MR) is 84.5 cm³/mol. The maximum Gasteiger partial charge on any atom is 0.414 e. The standard InChI is InChI=1S/C15H16FN5O4/c1-8-19-13(25-20-8)11-4-3-9(5-12(11)16)21-7-10(24-15(21)23)6-18-14(22)17-2/h3-5,10H,6-7H2,1-2H3,(H2,17,18,22). The molecule has 25 heavy (non-hydrogen) atoms. The average Bonchev–Trinajstić information content (AvgIpc) is 3.18. The lowest BCUT2D eigenvalue weighted by Gasteiger charge is -2.13. The molecule has 9 nitrogen and oxygen atoms in total. The number of aryl methyl sites for hydroxylation is 1. The van der Waals surface area contributed by atoms with Crippen molar-refractivity contribution in [1.82, 2.24) is 20.8 Å². The Hall–Kier alpha value is -3.17. The molecule has 1 fully saturated rings. The molecule has 2 heterocycles. The van der Waals surface area contributed by atoms with Crippen molar-refractivity contribution in [3.05, 3.63) is 29.8 Å². The number of cyclic esters (lactones) is 1. The number of rotatable bonds is 4. The zero-order valence-corrected chi connectivity index (χ0v) is 13.6. The highest BCUT2D eigenvalue weighted by Crippen LogP contribution is 2.28. The SMILES string of the molecule is CNC(=O)NCC1CN(c2ccc(-c3nc(C)no3)c(F)c2)C(=O)O1. The molecule has 0 bridgehead atoms. The lowest BCUT2D eigenvalue weighted by atomic mass is 10.1. The van der Waals surface area contributed by atoms with Crippen LogP contribution in [0.2, 0.25) is 0 Å². The number of carbonyl (C=O) groups excluding carboxylic acids is 2. The summed E-state index contributed by atoms with van der Waals surface area (Å²) in [6.45, 7) is 1.98. The molecule has 1 aliphatic rings. The fourth-order valence-electron chi connectivity index (χ4n) is 2.39. The summed E-state index contributed by atoms with van der Waals surface area (Å²) in [5, 5.41) is 8.58. The number of hydrogen-bond acceptors (Lipinski definition) is 6. The first kappa shape index (κ1) is 16.7. The fourth-order valence-corrected chi connectivity index (χ4v) is 2.39. The molecule has 0 aliphatic carbocycles. The van der Waals surface area contributed by atoms with E-state index in [2.05, 4.69) is 20.8 Å². The van der Waals surface area contributed by atoms with Crippen LogP contribution in [0.1, 0.15) is 5.82 Å². The van der Waals surface area contributed by atoms with Gasteiger partial charge in [0.2, 0.25) is 0 Å². The number of nitrogens with one attached hydrogen (secondary N) is 2. The summed E-state index contributed by atoms with van der Waals surface area (Å²) in [5.74, 6) is -0.132. The molecule has 2 N–H and O–H groups in total. The van der Waals surface area contributed by atoms with E-state index in [1.807, 2.05) is 0 Å². The van der Waals surface area contributed by atoms with Gasteiger partial charge < -0.3 is 19.9 Å². The molecule has 1 aliphatic heterocycles. The number of hydrogen-bond donors (Lipinski definition) is 2. The van der Waals surface area contributed by atoms with Gasteiger partial charge in [-0.2, -0.15) is 4.98 Å². The van der Waals surface area contributed by atoms with Gasteiger partial charge in [-0.05, 0) is 25.1 Å². The number of halogens is 1. The molecule has 2 aromatic rings. The Bertz CT molecular complexity index is 809. The largest absolute Gasteiger partial charge is 0.442 e. The fraction of sp³-hybridized carbons (Fsp3) is 0.333. The lowest BCUT2D eigenvalue weighted by Crippen LogP contribution is -2.39. The Morgan fingerprint density at radius 2 is 2.28 bits per heavy atom. The summed E-state index contributed by atoms with van der Waals surface area (Å²) in [5.41, 5.74) is 0.486. The van der Waals surface area contributed by atoms with Crippen LogP contribution in [-0.4, -0.2) is 48.5 Å². The van der Waals surface area contributed by atoms with Gasteiger partial charge in [-0.1, -0.05) is 5.16 Å². The summed E-state index contributed by atoms with van der Waals surface area (Å²) in [4.78, 5) is 28.4. The van der Waals surface area contributed by atoms with Crippen molar-refractivity contribution in [2.45, 2.75) is 13.0 Å². The predicted octanol–water partition coefficient (Wildman–Crippen LogP) is 1.44. The molecule has 0 radical (unpaired) electrons. The van der Waals surface area contributed by atoms with Crippen LogP contribution < -0.4 is 15.5 Å². The van der Waals surface area contributed by atoms with E-state index < -0.39 is 18.0 Å². The number of anilines is 1. The Kier molecular flexibility index (Phi) is 4.50. The van der Waals surface area contributed by atoms with E-state index in [1.54, 1.807) is 13.0 Å². The Morgan fingerprint density at radius 1 is 1.48 bits per heavy atom. The molecular formula is C15H16FN5O4. The molecule has 132 valence electrons. The topological polar surface area (TPSA) is 110 Å². The number of urea groups is 1. The molecule has 1 aromatic carbocycles. The molecule has 3 amide bonds. The maximum atomic E-state index is 14.4. The van der Waals surface area contributed by atoms with Crippen LogP contribution in [0, 0.1) is 12.7 Å². The number of amides is 3. The Labute approximate surface area is 142 Å². The number of aromatic nitrogens is 2. The van der Waals surface area contributed by atoms with Crippen LogP contribution in [0.15, 0.2) is 22.7 Å². The first-order valence-corrected chi connectivity index (χ1v) is 7.52. The number of nitrogens with zero attached hydrogens (tertiary/aromatic N) is 3. The van der Waals surface area contributed by atoms with Gasteiger partial charge in [0.1, 0.15) is 11.9 Å². The van der Waals surface area contributed by atoms with E-state index in [9.17, 15) is 14.0 Å². The molecule has 0 spiro atoms. The van der Waals surface area contributed by atoms with Crippen LogP contribution in [-0.2, 0) is 4.74 Å². The van der Waals surface area contributed by atoms with Crippen molar-refractivity contribution < 1.29 is 23.2 Å².